The van der Waals surface area contributed by atoms with E-state index in [9.17, 15) is 9.59 Å². The summed E-state index contributed by atoms with van der Waals surface area (Å²) in [5, 5.41) is 14.8. The van der Waals surface area contributed by atoms with Gasteiger partial charge in [0.25, 0.3) is 0 Å². The van der Waals surface area contributed by atoms with Crippen LogP contribution in [0.15, 0.2) is 0 Å². The number of carbonyl (C=O) groups is 2. The van der Waals surface area contributed by atoms with Crippen LogP contribution in [0.2, 0.25) is 0 Å². The van der Waals surface area contributed by atoms with Crippen molar-refractivity contribution < 1.29 is 14.7 Å². The van der Waals surface area contributed by atoms with Gasteiger partial charge in [-0.15, -0.1) is 0 Å². The van der Waals surface area contributed by atoms with Crippen LogP contribution in [0.5, 0.6) is 0 Å². The van der Waals surface area contributed by atoms with Crippen LogP contribution < -0.4 is 10.6 Å². The molecule has 1 unspecified atom stereocenters. The van der Waals surface area contributed by atoms with Crippen molar-refractivity contribution in [2.45, 2.75) is 46.0 Å². The molecule has 1 heterocycles. The zero-order valence-electron chi connectivity index (χ0n) is 12.0. The van der Waals surface area contributed by atoms with Crippen molar-refractivity contribution in [1.82, 2.24) is 10.6 Å². The zero-order chi connectivity index (χ0) is 14.3. The Morgan fingerprint density at radius 1 is 1.32 bits per heavy atom. The fourth-order valence-electron chi connectivity index (χ4n) is 2.62. The van der Waals surface area contributed by atoms with Gasteiger partial charge in [-0.2, -0.15) is 0 Å². The van der Waals surface area contributed by atoms with Crippen LogP contribution in [0.4, 0.5) is 0 Å². The maximum atomic E-state index is 12.3. The maximum absolute atomic E-state index is 12.3. The number of aliphatic carboxylic acids is 1. The SMILES string of the molecule is CC(C)C1(C(=O)NCCCCCC(=O)O)CCNC1. The summed E-state index contributed by atoms with van der Waals surface area (Å²) in [6.07, 6.45) is 3.49. The summed E-state index contributed by atoms with van der Waals surface area (Å²) < 4.78 is 0. The second-order valence-electron chi connectivity index (χ2n) is 5.70. The summed E-state index contributed by atoms with van der Waals surface area (Å²) in [5.41, 5.74) is -0.263. The molecule has 1 aliphatic heterocycles. The van der Waals surface area contributed by atoms with Crippen molar-refractivity contribution in [3.05, 3.63) is 0 Å². The van der Waals surface area contributed by atoms with E-state index in [-0.39, 0.29) is 17.7 Å². The van der Waals surface area contributed by atoms with E-state index in [0.717, 1.165) is 32.4 Å². The van der Waals surface area contributed by atoms with Gasteiger partial charge in [-0.1, -0.05) is 20.3 Å². The van der Waals surface area contributed by atoms with E-state index in [0.29, 0.717) is 18.9 Å². The molecule has 0 aromatic rings. The third-order valence-electron chi connectivity index (χ3n) is 4.10. The van der Waals surface area contributed by atoms with Crippen molar-refractivity contribution >= 4 is 11.9 Å². The molecule has 5 nitrogen and oxygen atoms in total. The number of hydrogen-bond acceptors (Lipinski definition) is 3. The molecule has 0 bridgehead atoms. The quantitative estimate of drug-likeness (QED) is 0.582. The molecule has 110 valence electrons. The summed E-state index contributed by atoms with van der Waals surface area (Å²) >= 11 is 0. The van der Waals surface area contributed by atoms with E-state index in [1.54, 1.807) is 0 Å². The highest BCUT2D eigenvalue weighted by molar-refractivity contribution is 5.83. The third-order valence-corrected chi connectivity index (χ3v) is 4.10. The first-order chi connectivity index (χ1) is 8.99. The molecule has 0 spiro atoms. The van der Waals surface area contributed by atoms with Crippen LogP contribution in [0.1, 0.15) is 46.0 Å². The molecule has 1 aliphatic rings. The van der Waals surface area contributed by atoms with Crippen molar-refractivity contribution in [3.63, 3.8) is 0 Å². The molecule has 19 heavy (non-hydrogen) atoms. The van der Waals surface area contributed by atoms with Crippen LogP contribution in [0.25, 0.3) is 0 Å². The largest absolute Gasteiger partial charge is 0.481 e. The molecule has 0 aromatic carbocycles. The Morgan fingerprint density at radius 3 is 2.58 bits per heavy atom. The number of carboxylic acid groups (broad SMARTS) is 1. The van der Waals surface area contributed by atoms with Crippen LogP contribution in [-0.4, -0.2) is 36.6 Å². The second kappa shape index (κ2) is 7.48. The molecule has 3 N–H and O–H groups in total. The Balaban J connectivity index is 2.24. The highest BCUT2D eigenvalue weighted by Gasteiger charge is 2.43. The fraction of sp³-hybridized carbons (Fsp3) is 0.857. The van der Waals surface area contributed by atoms with E-state index in [2.05, 4.69) is 24.5 Å². The van der Waals surface area contributed by atoms with E-state index in [4.69, 9.17) is 5.11 Å². The average molecular weight is 270 g/mol. The Hall–Kier alpha value is -1.10. The topological polar surface area (TPSA) is 78.4 Å². The zero-order valence-corrected chi connectivity index (χ0v) is 12.0. The van der Waals surface area contributed by atoms with Crippen molar-refractivity contribution in [2.75, 3.05) is 19.6 Å². The lowest BCUT2D eigenvalue weighted by Crippen LogP contribution is -2.46. The first kappa shape index (κ1) is 16.0. The lowest BCUT2D eigenvalue weighted by atomic mass is 9.75. The standard InChI is InChI=1S/C14H26N2O3/c1-11(2)14(7-9-15-10-14)13(19)16-8-5-3-4-6-12(17)18/h11,15H,3-10H2,1-2H3,(H,16,19)(H,17,18). The van der Waals surface area contributed by atoms with Gasteiger partial charge in [-0.05, 0) is 31.7 Å². The Labute approximate surface area is 115 Å². The number of carboxylic acids is 1. The molecule has 0 aromatic heterocycles. The summed E-state index contributed by atoms with van der Waals surface area (Å²) in [6.45, 7) is 6.51. The molecule has 1 amide bonds. The normalized spacial score (nSPS) is 22.7. The Morgan fingerprint density at radius 2 is 2.05 bits per heavy atom. The lowest BCUT2D eigenvalue weighted by Gasteiger charge is -2.31. The number of carbonyl (C=O) groups excluding carboxylic acids is 1. The minimum absolute atomic E-state index is 0.144. The van der Waals surface area contributed by atoms with Gasteiger partial charge in [0.2, 0.25) is 5.91 Å². The van der Waals surface area contributed by atoms with Gasteiger partial charge in [0.05, 0.1) is 5.41 Å². The molecule has 5 heteroatoms. The summed E-state index contributed by atoms with van der Waals surface area (Å²) in [5.74, 6) is -0.278. The highest BCUT2D eigenvalue weighted by Crippen LogP contribution is 2.34. The third kappa shape index (κ3) is 4.49. The first-order valence-electron chi connectivity index (χ1n) is 7.20. The number of amides is 1. The Kier molecular flexibility index (Phi) is 6.28. The minimum Gasteiger partial charge on any atom is -0.481 e. The van der Waals surface area contributed by atoms with E-state index in [1.165, 1.54) is 0 Å². The minimum atomic E-state index is -0.750. The van der Waals surface area contributed by atoms with E-state index >= 15 is 0 Å². The van der Waals surface area contributed by atoms with Crippen molar-refractivity contribution in [3.8, 4) is 0 Å². The number of rotatable bonds is 8. The van der Waals surface area contributed by atoms with Crippen LogP contribution in [0.3, 0.4) is 0 Å². The van der Waals surface area contributed by atoms with Gasteiger partial charge in [0.15, 0.2) is 0 Å². The molecule has 1 saturated heterocycles. The Bertz CT molecular complexity index is 310. The van der Waals surface area contributed by atoms with E-state index in [1.807, 2.05) is 0 Å². The number of nitrogens with one attached hydrogen (secondary N) is 2. The van der Waals surface area contributed by atoms with Crippen LogP contribution in [-0.2, 0) is 9.59 Å². The predicted molar refractivity (Wildman–Crippen MR) is 73.9 cm³/mol. The van der Waals surface area contributed by atoms with Crippen LogP contribution in [0, 0.1) is 11.3 Å². The predicted octanol–water partition coefficient (Wildman–Crippen LogP) is 1.38. The molecule has 0 radical (unpaired) electrons. The molecule has 1 fully saturated rings. The van der Waals surface area contributed by atoms with Crippen molar-refractivity contribution in [1.29, 1.82) is 0 Å². The average Bonchev–Trinajstić information content (AvgIpc) is 2.83. The molecule has 0 aliphatic carbocycles. The number of unbranched alkanes of at least 4 members (excludes halogenated alkanes) is 2. The van der Waals surface area contributed by atoms with Gasteiger partial charge in [-0.3, -0.25) is 9.59 Å². The molecular formula is C14H26N2O3. The second-order valence-corrected chi connectivity index (χ2v) is 5.70. The van der Waals surface area contributed by atoms with Gasteiger partial charge < -0.3 is 15.7 Å². The smallest absolute Gasteiger partial charge is 0.303 e. The van der Waals surface area contributed by atoms with Gasteiger partial charge >= 0.3 is 5.97 Å². The van der Waals surface area contributed by atoms with Gasteiger partial charge in [0.1, 0.15) is 0 Å². The monoisotopic (exact) mass is 270 g/mol. The molecule has 1 rings (SSSR count). The van der Waals surface area contributed by atoms with Crippen molar-refractivity contribution in [2.24, 2.45) is 11.3 Å². The lowest BCUT2D eigenvalue weighted by molar-refractivity contribution is -0.137. The molecular weight excluding hydrogens is 244 g/mol. The van der Waals surface area contributed by atoms with Crippen LogP contribution >= 0.6 is 0 Å². The summed E-state index contributed by atoms with van der Waals surface area (Å²) in [6, 6.07) is 0. The number of hydrogen-bond donors (Lipinski definition) is 3. The van der Waals surface area contributed by atoms with Gasteiger partial charge in [0, 0.05) is 19.5 Å². The first-order valence-corrected chi connectivity index (χ1v) is 7.20. The summed E-state index contributed by atoms with van der Waals surface area (Å²) in [4.78, 5) is 22.7. The fourth-order valence-corrected chi connectivity index (χ4v) is 2.62. The highest BCUT2D eigenvalue weighted by atomic mass is 16.4. The molecule has 0 saturated carbocycles. The van der Waals surface area contributed by atoms with E-state index < -0.39 is 5.97 Å². The van der Waals surface area contributed by atoms with Gasteiger partial charge in [-0.25, -0.2) is 0 Å². The maximum Gasteiger partial charge on any atom is 0.303 e. The molecule has 1 atom stereocenters. The summed E-state index contributed by atoms with van der Waals surface area (Å²) in [7, 11) is 0.